The van der Waals surface area contributed by atoms with Gasteiger partial charge in [-0.3, -0.25) is 4.79 Å². The van der Waals surface area contributed by atoms with Gasteiger partial charge < -0.3 is 19.3 Å². The van der Waals surface area contributed by atoms with Crippen molar-refractivity contribution in [1.29, 1.82) is 0 Å². The number of ether oxygens (including phenoxy) is 2. The van der Waals surface area contributed by atoms with Gasteiger partial charge >= 0.3 is 6.09 Å². The second-order valence-electron chi connectivity index (χ2n) is 9.50. The first-order valence-corrected chi connectivity index (χ1v) is 12.8. The Bertz CT molecular complexity index is 1170. The fraction of sp³-hybridized carbons (Fsp3) is 0.333. The molecule has 0 aromatic heterocycles. The third kappa shape index (κ3) is 5.70. The summed E-state index contributed by atoms with van der Waals surface area (Å²) in [5.41, 5.74) is 3.90. The lowest BCUT2D eigenvalue weighted by Gasteiger charge is -2.31. The summed E-state index contributed by atoms with van der Waals surface area (Å²) in [6.07, 6.45) is 3.50. The molecule has 186 valence electrons. The van der Waals surface area contributed by atoms with Crippen molar-refractivity contribution >= 4 is 17.7 Å². The number of likely N-dealkylation sites (tertiary alicyclic amines) is 1. The highest BCUT2D eigenvalue weighted by Crippen LogP contribution is 2.28. The molecule has 0 unspecified atom stereocenters. The summed E-state index contributed by atoms with van der Waals surface area (Å²) in [6.45, 7) is 2.98. The summed E-state index contributed by atoms with van der Waals surface area (Å²) in [4.78, 5) is 29.2. The summed E-state index contributed by atoms with van der Waals surface area (Å²) in [6, 6.07) is 25.3. The van der Waals surface area contributed by atoms with Crippen LogP contribution in [-0.2, 0) is 17.8 Å². The van der Waals surface area contributed by atoms with Crippen molar-refractivity contribution in [2.75, 3.05) is 31.1 Å². The number of carbonyl (C=O) groups excluding carboxylic acids is 2. The number of amides is 2. The van der Waals surface area contributed by atoms with Gasteiger partial charge in [-0.05, 0) is 73.1 Å². The van der Waals surface area contributed by atoms with E-state index in [2.05, 4.69) is 6.07 Å². The normalized spacial score (nSPS) is 15.8. The molecule has 3 aromatic rings. The van der Waals surface area contributed by atoms with E-state index in [9.17, 15) is 9.59 Å². The molecular formula is C30H32N2O4. The average molecular weight is 485 g/mol. The Morgan fingerprint density at radius 1 is 0.833 bits per heavy atom. The van der Waals surface area contributed by atoms with Gasteiger partial charge in [0.2, 0.25) is 0 Å². The molecular weight excluding hydrogens is 452 g/mol. The smallest absolute Gasteiger partial charge is 0.410 e. The first kappa shape index (κ1) is 23.9. The molecule has 1 saturated heterocycles. The topological polar surface area (TPSA) is 59.1 Å². The molecule has 0 radical (unpaired) electrons. The van der Waals surface area contributed by atoms with Gasteiger partial charge in [-0.25, -0.2) is 4.79 Å². The van der Waals surface area contributed by atoms with Gasteiger partial charge in [0.25, 0.3) is 5.91 Å². The van der Waals surface area contributed by atoms with Crippen molar-refractivity contribution in [1.82, 2.24) is 4.90 Å². The van der Waals surface area contributed by atoms with E-state index < -0.39 is 0 Å². The zero-order chi connectivity index (χ0) is 24.7. The largest absolute Gasteiger partial charge is 0.493 e. The highest BCUT2D eigenvalue weighted by molar-refractivity contribution is 6.06. The number of aryl methyl sites for hydroxylation is 1. The zero-order valence-corrected chi connectivity index (χ0v) is 20.5. The van der Waals surface area contributed by atoms with E-state index in [0.29, 0.717) is 37.8 Å². The monoisotopic (exact) mass is 484 g/mol. The maximum absolute atomic E-state index is 13.1. The number of piperidine rings is 1. The molecule has 0 spiro atoms. The minimum absolute atomic E-state index is 0.0280. The molecule has 2 amide bonds. The van der Waals surface area contributed by atoms with Crippen LogP contribution in [0, 0.1) is 5.92 Å². The van der Waals surface area contributed by atoms with Crippen molar-refractivity contribution in [3.63, 3.8) is 0 Å². The van der Waals surface area contributed by atoms with Gasteiger partial charge in [0.05, 0.1) is 6.61 Å². The first-order chi connectivity index (χ1) is 17.7. The van der Waals surface area contributed by atoms with Crippen molar-refractivity contribution in [2.24, 2.45) is 5.92 Å². The molecule has 2 aliphatic heterocycles. The third-order valence-electron chi connectivity index (χ3n) is 7.02. The molecule has 36 heavy (non-hydrogen) atoms. The van der Waals surface area contributed by atoms with Gasteiger partial charge in [0.15, 0.2) is 0 Å². The number of carbonyl (C=O) groups is 2. The number of fused-ring (bicyclic) bond motifs is 1. The van der Waals surface area contributed by atoms with Crippen LogP contribution in [0.2, 0.25) is 0 Å². The Balaban J connectivity index is 1.07. The minimum atomic E-state index is -0.255. The number of para-hydroxylation sites is 1. The predicted molar refractivity (Wildman–Crippen MR) is 139 cm³/mol. The predicted octanol–water partition coefficient (Wildman–Crippen LogP) is 5.71. The van der Waals surface area contributed by atoms with Gasteiger partial charge in [0.1, 0.15) is 12.4 Å². The van der Waals surface area contributed by atoms with Crippen molar-refractivity contribution in [2.45, 2.75) is 32.3 Å². The van der Waals surface area contributed by atoms with Crippen LogP contribution in [0.4, 0.5) is 10.5 Å². The Kier molecular flexibility index (Phi) is 7.50. The molecule has 0 saturated carbocycles. The number of hydrogen-bond donors (Lipinski definition) is 0. The molecule has 0 N–H and O–H groups in total. The number of nitrogens with zero attached hydrogens (tertiary/aromatic N) is 2. The van der Waals surface area contributed by atoms with Crippen LogP contribution < -0.4 is 9.64 Å². The van der Waals surface area contributed by atoms with E-state index in [1.807, 2.05) is 77.7 Å². The van der Waals surface area contributed by atoms with Crippen molar-refractivity contribution in [3.8, 4) is 5.75 Å². The van der Waals surface area contributed by atoms with E-state index in [1.165, 1.54) is 5.56 Å². The summed E-state index contributed by atoms with van der Waals surface area (Å²) in [7, 11) is 0. The fourth-order valence-electron chi connectivity index (χ4n) is 4.90. The second-order valence-corrected chi connectivity index (χ2v) is 9.50. The second kappa shape index (κ2) is 11.3. The quantitative estimate of drug-likeness (QED) is 0.450. The van der Waals surface area contributed by atoms with Gasteiger partial charge in [0, 0.05) is 30.9 Å². The highest BCUT2D eigenvalue weighted by atomic mass is 16.6. The third-order valence-corrected chi connectivity index (χ3v) is 7.02. The van der Waals surface area contributed by atoms with Crippen LogP contribution in [-0.4, -0.2) is 43.1 Å². The maximum atomic E-state index is 13.1. The first-order valence-electron chi connectivity index (χ1n) is 12.8. The average Bonchev–Trinajstić information content (AvgIpc) is 2.95. The summed E-state index contributed by atoms with van der Waals surface area (Å²) < 4.78 is 11.5. The Morgan fingerprint density at radius 2 is 1.56 bits per heavy atom. The molecule has 0 aliphatic carbocycles. The zero-order valence-electron chi connectivity index (χ0n) is 20.5. The van der Waals surface area contributed by atoms with E-state index in [0.717, 1.165) is 49.2 Å². The van der Waals surface area contributed by atoms with Crippen LogP contribution in [0.15, 0.2) is 78.9 Å². The number of hydrogen-bond acceptors (Lipinski definition) is 4. The van der Waals surface area contributed by atoms with Crippen LogP contribution in [0.1, 0.15) is 40.7 Å². The summed E-state index contributed by atoms with van der Waals surface area (Å²) >= 11 is 0. The molecule has 5 rings (SSSR count). The lowest BCUT2D eigenvalue weighted by atomic mass is 9.98. The lowest BCUT2D eigenvalue weighted by Crippen LogP contribution is -2.39. The summed E-state index contributed by atoms with van der Waals surface area (Å²) in [5, 5.41) is 0. The summed E-state index contributed by atoms with van der Waals surface area (Å²) in [5.74, 6) is 1.17. The van der Waals surface area contributed by atoms with Crippen LogP contribution in [0.3, 0.4) is 0 Å². The van der Waals surface area contributed by atoms with Crippen LogP contribution in [0.5, 0.6) is 5.75 Å². The van der Waals surface area contributed by atoms with Crippen molar-refractivity contribution < 1.29 is 19.1 Å². The van der Waals surface area contributed by atoms with Gasteiger partial charge in [-0.1, -0.05) is 48.5 Å². The fourth-order valence-corrected chi connectivity index (χ4v) is 4.90. The molecule has 3 aromatic carbocycles. The SMILES string of the molecule is O=C(OCc1ccccc1)N1CCC(COc2ccc(C(=O)N3CCCc4ccccc43)cc2)CC1. The molecule has 0 bridgehead atoms. The number of rotatable bonds is 6. The van der Waals surface area contributed by atoms with Gasteiger partial charge in [-0.15, -0.1) is 0 Å². The molecule has 6 heteroatoms. The molecule has 2 heterocycles. The van der Waals surface area contributed by atoms with E-state index in [4.69, 9.17) is 9.47 Å². The number of anilines is 1. The highest BCUT2D eigenvalue weighted by Gasteiger charge is 2.25. The van der Waals surface area contributed by atoms with E-state index in [1.54, 1.807) is 4.90 Å². The van der Waals surface area contributed by atoms with E-state index >= 15 is 0 Å². The molecule has 6 nitrogen and oxygen atoms in total. The van der Waals surface area contributed by atoms with Gasteiger partial charge in [-0.2, -0.15) is 0 Å². The minimum Gasteiger partial charge on any atom is -0.493 e. The van der Waals surface area contributed by atoms with Crippen molar-refractivity contribution in [3.05, 3.63) is 95.6 Å². The lowest BCUT2D eigenvalue weighted by molar-refractivity contribution is 0.0760. The molecule has 0 atom stereocenters. The van der Waals surface area contributed by atoms with E-state index in [-0.39, 0.29) is 12.0 Å². The Labute approximate surface area is 212 Å². The standard InChI is InChI=1S/C30H32N2O4/c33-29(32-18-6-10-25-9-4-5-11-28(25)32)26-12-14-27(15-13-26)35-21-24-16-19-31(20-17-24)30(34)36-22-23-7-2-1-3-8-23/h1-5,7-9,11-15,24H,6,10,16-22H2. The molecule has 1 fully saturated rings. The van der Waals surface area contributed by atoms with Crippen LogP contribution in [0.25, 0.3) is 0 Å². The number of benzene rings is 3. The maximum Gasteiger partial charge on any atom is 0.410 e. The molecule has 2 aliphatic rings. The van der Waals surface area contributed by atoms with Crippen LogP contribution >= 0.6 is 0 Å². The Morgan fingerprint density at radius 3 is 2.33 bits per heavy atom. The Hall–Kier alpha value is -3.80.